The Morgan fingerprint density at radius 2 is 1.79 bits per heavy atom. The average Bonchev–Trinajstić information content (AvgIpc) is 2.63. The second-order valence-electron chi connectivity index (χ2n) is 6.21. The van der Waals surface area contributed by atoms with Gasteiger partial charge >= 0.3 is 0 Å². The molecular formula is C21H15Cl2FNO3-. The number of ether oxygens (including phenoxy) is 1. The number of aromatic carboxylic acids is 1. The molecule has 28 heavy (non-hydrogen) atoms. The van der Waals surface area contributed by atoms with Crippen LogP contribution in [0, 0.1) is 12.7 Å². The van der Waals surface area contributed by atoms with Gasteiger partial charge in [0.05, 0.1) is 11.7 Å². The minimum atomic E-state index is -1.33. The van der Waals surface area contributed by atoms with Gasteiger partial charge in [0.15, 0.2) is 0 Å². The number of aromatic nitrogens is 1. The summed E-state index contributed by atoms with van der Waals surface area (Å²) in [4.78, 5) is 15.3. The van der Waals surface area contributed by atoms with Gasteiger partial charge < -0.3 is 14.6 Å². The molecule has 0 fully saturated rings. The first kappa shape index (κ1) is 20.1. The number of carboxylic acids is 1. The number of nitrogens with zero attached hydrogens (tertiary/aromatic N) is 1. The lowest BCUT2D eigenvalue weighted by molar-refractivity contribution is -0.255. The summed E-state index contributed by atoms with van der Waals surface area (Å²) in [6, 6.07) is 12.8. The first-order valence-electron chi connectivity index (χ1n) is 8.36. The Bertz CT molecular complexity index is 1040. The van der Waals surface area contributed by atoms with E-state index in [4.69, 9.17) is 27.9 Å². The van der Waals surface area contributed by atoms with Crippen molar-refractivity contribution in [3.8, 4) is 5.75 Å². The fraction of sp³-hybridized carbons (Fsp3) is 0.143. The fourth-order valence-electron chi connectivity index (χ4n) is 2.69. The van der Waals surface area contributed by atoms with Gasteiger partial charge in [-0.2, -0.15) is 0 Å². The summed E-state index contributed by atoms with van der Waals surface area (Å²) in [5.74, 6) is -1.29. The van der Waals surface area contributed by atoms with Gasteiger partial charge in [-0.1, -0.05) is 35.3 Å². The molecule has 0 spiro atoms. The third kappa shape index (κ3) is 4.80. The third-order valence-corrected chi connectivity index (χ3v) is 4.61. The molecule has 0 aliphatic rings. The zero-order valence-electron chi connectivity index (χ0n) is 14.8. The molecule has 2 aromatic carbocycles. The van der Waals surface area contributed by atoms with Crippen molar-refractivity contribution in [3.05, 3.63) is 92.5 Å². The molecule has 7 heteroatoms. The molecule has 0 unspecified atom stereocenters. The van der Waals surface area contributed by atoms with Crippen LogP contribution in [0.25, 0.3) is 0 Å². The normalized spacial score (nSPS) is 10.7. The van der Waals surface area contributed by atoms with Crippen LogP contribution in [-0.4, -0.2) is 11.0 Å². The van der Waals surface area contributed by atoms with Gasteiger partial charge in [-0.3, -0.25) is 4.98 Å². The molecule has 0 aliphatic heterocycles. The van der Waals surface area contributed by atoms with Crippen LogP contribution >= 0.6 is 23.2 Å². The van der Waals surface area contributed by atoms with Crippen LogP contribution in [0.2, 0.25) is 10.0 Å². The van der Waals surface area contributed by atoms with Crippen molar-refractivity contribution in [2.45, 2.75) is 20.0 Å². The van der Waals surface area contributed by atoms with Gasteiger partial charge in [0, 0.05) is 33.3 Å². The van der Waals surface area contributed by atoms with E-state index >= 15 is 0 Å². The van der Waals surface area contributed by atoms with Crippen molar-refractivity contribution < 1.29 is 19.0 Å². The van der Waals surface area contributed by atoms with E-state index in [0.29, 0.717) is 44.6 Å². The summed E-state index contributed by atoms with van der Waals surface area (Å²) in [5, 5.41) is 12.0. The topological polar surface area (TPSA) is 62.2 Å². The third-order valence-electron chi connectivity index (χ3n) is 4.14. The zero-order valence-corrected chi connectivity index (χ0v) is 16.4. The zero-order chi connectivity index (χ0) is 20.3. The summed E-state index contributed by atoms with van der Waals surface area (Å²) in [7, 11) is 0. The van der Waals surface area contributed by atoms with E-state index in [1.54, 1.807) is 49.4 Å². The summed E-state index contributed by atoms with van der Waals surface area (Å²) >= 11 is 11.9. The molecule has 0 amide bonds. The van der Waals surface area contributed by atoms with Crippen LogP contribution in [0.15, 0.2) is 48.5 Å². The Morgan fingerprint density at radius 1 is 1.07 bits per heavy atom. The number of hydrogen-bond acceptors (Lipinski definition) is 4. The lowest BCUT2D eigenvalue weighted by Gasteiger charge is -2.14. The van der Waals surface area contributed by atoms with Crippen LogP contribution in [0.1, 0.15) is 32.9 Å². The number of aryl methyl sites for hydroxylation is 1. The van der Waals surface area contributed by atoms with E-state index in [1.165, 1.54) is 6.07 Å². The van der Waals surface area contributed by atoms with E-state index < -0.39 is 11.8 Å². The summed E-state index contributed by atoms with van der Waals surface area (Å²) in [6.45, 7) is 1.65. The largest absolute Gasteiger partial charge is 0.543 e. The van der Waals surface area contributed by atoms with Gasteiger partial charge in [0.2, 0.25) is 0 Å². The van der Waals surface area contributed by atoms with Crippen LogP contribution in [0.3, 0.4) is 0 Å². The van der Waals surface area contributed by atoms with Crippen LogP contribution in [0.5, 0.6) is 5.75 Å². The van der Waals surface area contributed by atoms with Crippen molar-refractivity contribution in [2.75, 3.05) is 0 Å². The molecule has 3 aromatic rings. The van der Waals surface area contributed by atoms with Crippen molar-refractivity contribution in [1.29, 1.82) is 0 Å². The molecule has 0 radical (unpaired) electrons. The Hall–Kier alpha value is -2.63. The van der Waals surface area contributed by atoms with Crippen molar-refractivity contribution in [3.63, 3.8) is 0 Å². The van der Waals surface area contributed by atoms with E-state index in [-0.39, 0.29) is 12.3 Å². The number of carboxylic acid groups (broad SMARTS) is 1. The minimum absolute atomic E-state index is 0.00323. The van der Waals surface area contributed by atoms with Gasteiger partial charge in [-0.25, -0.2) is 4.39 Å². The molecule has 0 N–H and O–H groups in total. The number of carbonyl (C=O) groups is 1. The molecule has 4 nitrogen and oxygen atoms in total. The predicted molar refractivity (Wildman–Crippen MR) is 103 cm³/mol. The van der Waals surface area contributed by atoms with E-state index in [1.807, 2.05) is 0 Å². The Kier molecular flexibility index (Phi) is 6.17. The van der Waals surface area contributed by atoms with Crippen molar-refractivity contribution >= 4 is 29.2 Å². The van der Waals surface area contributed by atoms with E-state index in [9.17, 15) is 14.3 Å². The Labute approximate surface area is 171 Å². The van der Waals surface area contributed by atoms with E-state index in [0.717, 1.165) is 0 Å². The second-order valence-corrected chi connectivity index (χ2v) is 7.08. The maximum atomic E-state index is 14.0. The van der Waals surface area contributed by atoms with Gasteiger partial charge in [0.25, 0.3) is 0 Å². The molecule has 3 rings (SSSR count). The molecule has 0 saturated heterocycles. The molecular weight excluding hydrogens is 404 g/mol. The smallest absolute Gasteiger partial charge is 0.131 e. The number of hydrogen-bond donors (Lipinski definition) is 0. The highest BCUT2D eigenvalue weighted by atomic mass is 35.5. The quantitative estimate of drug-likeness (QED) is 0.596. The van der Waals surface area contributed by atoms with Crippen LogP contribution < -0.4 is 9.84 Å². The second kappa shape index (κ2) is 8.59. The van der Waals surface area contributed by atoms with Gasteiger partial charge in [-0.15, -0.1) is 0 Å². The van der Waals surface area contributed by atoms with Crippen LogP contribution in [0.4, 0.5) is 4.39 Å². The molecule has 144 valence electrons. The number of benzene rings is 2. The highest BCUT2D eigenvalue weighted by Crippen LogP contribution is 2.27. The standard InChI is InChI=1S/C21H16Cl2FNO3/c1-12-2-6-17(25-20(12)21(26)27)9-14-8-15(22)5-7-19(14)28-11-13-3-4-16(23)10-18(13)24/h2-8,10H,9,11H2,1H3,(H,26,27)/p-1. The molecule has 1 aromatic heterocycles. The number of rotatable bonds is 6. The fourth-order valence-corrected chi connectivity index (χ4v) is 3.04. The SMILES string of the molecule is Cc1ccc(Cc2cc(Cl)ccc2OCc2ccc(Cl)cc2F)nc1C(=O)[O-]. The molecule has 1 heterocycles. The Balaban J connectivity index is 1.85. The molecule has 0 bridgehead atoms. The maximum Gasteiger partial charge on any atom is 0.131 e. The monoisotopic (exact) mass is 418 g/mol. The summed E-state index contributed by atoms with van der Waals surface area (Å²) < 4.78 is 19.7. The summed E-state index contributed by atoms with van der Waals surface area (Å²) in [5.41, 5.74) is 1.99. The van der Waals surface area contributed by atoms with E-state index in [2.05, 4.69) is 4.98 Å². The predicted octanol–water partition coefficient (Wildman–Crippen LogP) is 4.37. The molecule has 0 atom stereocenters. The van der Waals surface area contributed by atoms with Crippen molar-refractivity contribution in [2.24, 2.45) is 0 Å². The summed E-state index contributed by atoms with van der Waals surface area (Å²) in [6.07, 6.45) is 0.291. The maximum absolute atomic E-state index is 14.0. The molecule has 0 aliphatic carbocycles. The van der Waals surface area contributed by atoms with Crippen molar-refractivity contribution in [1.82, 2.24) is 4.98 Å². The average molecular weight is 419 g/mol. The highest BCUT2D eigenvalue weighted by molar-refractivity contribution is 6.30. The Morgan fingerprint density at radius 3 is 2.50 bits per heavy atom. The van der Waals surface area contributed by atoms with Gasteiger partial charge in [-0.05, 0) is 48.9 Å². The van der Waals surface area contributed by atoms with Crippen LogP contribution in [-0.2, 0) is 13.0 Å². The number of carbonyl (C=O) groups excluding carboxylic acids is 1. The first-order chi connectivity index (χ1) is 13.3. The lowest BCUT2D eigenvalue weighted by Crippen LogP contribution is -2.25. The van der Waals surface area contributed by atoms with Gasteiger partial charge in [0.1, 0.15) is 18.2 Å². The highest BCUT2D eigenvalue weighted by Gasteiger charge is 2.11. The lowest BCUT2D eigenvalue weighted by atomic mass is 10.1. The minimum Gasteiger partial charge on any atom is -0.543 e. The number of pyridine rings is 1. The number of halogens is 3. The first-order valence-corrected chi connectivity index (χ1v) is 9.12. The molecule has 0 saturated carbocycles.